The molecule has 3 rings (SSSR count). The summed E-state index contributed by atoms with van der Waals surface area (Å²) in [7, 11) is 0. The van der Waals surface area contributed by atoms with Crippen molar-refractivity contribution >= 4 is 6.09 Å². The third-order valence-electron chi connectivity index (χ3n) is 4.13. The first-order chi connectivity index (χ1) is 11.3. The van der Waals surface area contributed by atoms with Gasteiger partial charge in [-0.1, -0.05) is 30.3 Å². The summed E-state index contributed by atoms with van der Waals surface area (Å²) in [4.78, 5) is 11.4. The minimum atomic E-state index is -0.815. The van der Waals surface area contributed by atoms with Gasteiger partial charge in [0.2, 0.25) is 0 Å². The van der Waals surface area contributed by atoms with Crippen LogP contribution in [0.5, 0.6) is 0 Å². The summed E-state index contributed by atoms with van der Waals surface area (Å²) < 4.78 is 23.1. The highest BCUT2D eigenvalue weighted by atomic mass is 16.7. The second-order valence-electron chi connectivity index (χ2n) is 7.30. The Kier molecular flexibility index (Phi) is 4.80. The van der Waals surface area contributed by atoms with Gasteiger partial charge in [-0.3, -0.25) is 0 Å². The first-order valence-electron chi connectivity index (χ1n) is 8.28. The van der Waals surface area contributed by atoms with E-state index >= 15 is 0 Å². The van der Waals surface area contributed by atoms with Gasteiger partial charge in [-0.15, -0.1) is 0 Å². The number of ether oxygens (including phenoxy) is 4. The molecule has 24 heavy (non-hydrogen) atoms. The minimum Gasteiger partial charge on any atom is -0.443 e. The van der Waals surface area contributed by atoms with Crippen molar-refractivity contribution in [2.45, 2.75) is 63.3 Å². The Balaban J connectivity index is 1.82. The van der Waals surface area contributed by atoms with E-state index in [2.05, 4.69) is 0 Å². The predicted octanol–water partition coefficient (Wildman–Crippen LogP) is 2.04. The molecule has 1 amide bonds. The van der Waals surface area contributed by atoms with Gasteiger partial charge in [0.25, 0.3) is 0 Å². The number of hydrogen-bond acceptors (Lipinski definition) is 5. The molecule has 0 aromatic heterocycles. The van der Waals surface area contributed by atoms with Crippen molar-refractivity contribution in [2.75, 3.05) is 6.61 Å². The Labute approximate surface area is 142 Å². The number of hydrogen-bond donors (Lipinski definition) is 1. The number of carbonyl (C=O) groups is 1. The Bertz CT molecular complexity index is 571. The second-order valence-corrected chi connectivity index (χ2v) is 7.30. The molecular weight excluding hydrogens is 310 g/mol. The van der Waals surface area contributed by atoms with E-state index in [1.54, 1.807) is 0 Å². The summed E-state index contributed by atoms with van der Waals surface area (Å²) in [6, 6.07) is 9.80. The molecule has 0 spiro atoms. The van der Waals surface area contributed by atoms with Gasteiger partial charge < -0.3 is 24.7 Å². The number of nitrogens with two attached hydrogens (primary N) is 1. The third-order valence-corrected chi connectivity index (χ3v) is 4.13. The minimum absolute atomic E-state index is 0.00657. The van der Waals surface area contributed by atoms with Crippen LogP contribution in [0, 0.1) is 0 Å². The maximum atomic E-state index is 11.4. The number of amides is 1. The first kappa shape index (κ1) is 17.2. The molecule has 5 atom stereocenters. The molecule has 6 nitrogen and oxygen atoms in total. The number of primary amides is 1. The molecule has 0 aliphatic carbocycles. The van der Waals surface area contributed by atoms with E-state index in [1.165, 1.54) is 0 Å². The molecule has 2 saturated heterocycles. The molecule has 1 aromatic rings. The standard InChI is InChI=1S/C18H25NO5/c1-18(2,3)24-15(16-14-13(22-14)10-21-16)12(23-17(19)20)9-11-7-5-4-6-8-11/h4-8,12-16H,9-10H2,1-3H3,(H2,19,20)/t12-,13-,14-,15?,16+/m0/s1. The average molecular weight is 335 g/mol. The fourth-order valence-electron chi connectivity index (χ4n) is 3.15. The quantitative estimate of drug-likeness (QED) is 0.804. The lowest BCUT2D eigenvalue weighted by Crippen LogP contribution is -2.49. The molecule has 6 heteroatoms. The van der Waals surface area contributed by atoms with E-state index in [1.807, 2.05) is 51.1 Å². The van der Waals surface area contributed by atoms with Crippen LogP contribution >= 0.6 is 0 Å². The van der Waals surface area contributed by atoms with E-state index in [0.29, 0.717) is 13.0 Å². The number of fused-ring (bicyclic) bond motifs is 1. The molecule has 0 bridgehead atoms. The summed E-state index contributed by atoms with van der Waals surface area (Å²) in [6.07, 6.45) is -1.43. The van der Waals surface area contributed by atoms with Gasteiger partial charge in [0.15, 0.2) is 0 Å². The van der Waals surface area contributed by atoms with E-state index < -0.39 is 23.9 Å². The molecule has 2 fully saturated rings. The molecule has 0 radical (unpaired) electrons. The lowest BCUT2D eigenvalue weighted by Gasteiger charge is -2.36. The average Bonchev–Trinajstić information content (AvgIpc) is 3.15. The largest absolute Gasteiger partial charge is 0.443 e. The monoisotopic (exact) mass is 335 g/mol. The van der Waals surface area contributed by atoms with Crippen molar-refractivity contribution in [3.05, 3.63) is 35.9 Å². The van der Waals surface area contributed by atoms with Crippen molar-refractivity contribution in [2.24, 2.45) is 5.73 Å². The fourth-order valence-corrected chi connectivity index (χ4v) is 3.15. The van der Waals surface area contributed by atoms with Crippen molar-refractivity contribution < 1.29 is 23.7 Å². The van der Waals surface area contributed by atoms with Crippen LogP contribution < -0.4 is 5.73 Å². The molecule has 2 heterocycles. The van der Waals surface area contributed by atoms with Crippen LogP contribution in [0.3, 0.4) is 0 Å². The van der Waals surface area contributed by atoms with Gasteiger partial charge in [0.1, 0.15) is 30.5 Å². The maximum Gasteiger partial charge on any atom is 0.404 e. The zero-order valence-electron chi connectivity index (χ0n) is 14.3. The molecule has 2 N–H and O–H groups in total. The fraction of sp³-hybridized carbons (Fsp3) is 0.611. The van der Waals surface area contributed by atoms with Gasteiger partial charge in [-0.05, 0) is 26.3 Å². The highest BCUT2D eigenvalue weighted by Crippen LogP contribution is 2.39. The summed E-state index contributed by atoms with van der Waals surface area (Å²) in [5, 5.41) is 0. The van der Waals surface area contributed by atoms with Crippen molar-refractivity contribution in [1.29, 1.82) is 0 Å². The van der Waals surface area contributed by atoms with Crippen LogP contribution in [-0.4, -0.2) is 48.8 Å². The smallest absolute Gasteiger partial charge is 0.404 e. The topological polar surface area (TPSA) is 83.3 Å². The molecular formula is C18H25NO5. The zero-order chi connectivity index (χ0) is 17.3. The Hall–Kier alpha value is -1.63. The van der Waals surface area contributed by atoms with Crippen molar-refractivity contribution in [1.82, 2.24) is 0 Å². The molecule has 1 unspecified atom stereocenters. The second kappa shape index (κ2) is 6.70. The van der Waals surface area contributed by atoms with E-state index in [4.69, 9.17) is 24.7 Å². The van der Waals surface area contributed by atoms with Gasteiger partial charge in [0.05, 0.1) is 12.2 Å². The summed E-state index contributed by atoms with van der Waals surface area (Å²) in [5.41, 5.74) is 5.92. The Morgan fingerprint density at radius 2 is 2.04 bits per heavy atom. The summed E-state index contributed by atoms with van der Waals surface area (Å²) >= 11 is 0. The van der Waals surface area contributed by atoms with Gasteiger partial charge >= 0.3 is 6.09 Å². The predicted molar refractivity (Wildman–Crippen MR) is 87.6 cm³/mol. The van der Waals surface area contributed by atoms with Crippen LogP contribution in [0.1, 0.15) is 26.3 Å². The van der Waals surface area contributed by atoms with Crippen LogP contribution in [0.2, 0.25) is 0 Å². The van der Waals surface area contributed by atoms with Gasteiger partial charge in [-0.2, -0.15) is 0 Å². The van der Waals surface area contributed by atoms with Gasteiger partial charge in [-0.25, -0.2) is 4.79 Å². The summed E-state index contributed by atoms with van der Waals surface area (Å²) in [5.74, 6) is 0. The Morgan fingerprint density at radius 3 is 2.54 bits per heavy atom. The number of carbonyl (C=O) groups excluding carboxylic acids is 1. The molecule has 0 saturated carbocycles. The van der Waals surface area contributed by atoms with Crippen LogP contribution in [0.15, 0.2) is 30.3 Å². The molecule has 1 aromatic carbocycles. The Morgan fingerprint density at radius 1 is 1.33 bits per heavy atom. The van der Waals surface area contributed by atoms with Crippen LogP contribution in [0.4, 0.5) is 4.79 Å². The molecule has 132 valence electrons. The maximum absolute atomic E-state index is 11.4. The molecule has 2 aliphatic rings. The SMILES string of the molecule is CC(C)(C)OC([C@H](Cc1ccccc1)OC(N)=O)[C@@H]1OC[C@@H]2O[C@@H]21. The first-order valence-corrected chi connectivity index (χ1v) is 8.28. The molecule has 2 aliphatic heterocycles. The van der Waals surface area contributed by atoms with E-state index in [9.17, 15) is 4.79 Å². The lowest BCUT2D eigenvalue weighted by atomic mass is 9.97. The van der Waals surface area contributed by atoms with Crippen molar-refractivity contribution in [3.8, 4) is 0 Å². The van der Waals surface area contributed by atoms with E-state index in [0.717, 1.165) is 5.56 Å². The van der Waals surface area contributed by atoms with Crippen LogP contribution in [-0.2, 0) is 25.4 Å². The summed E-state index contributed by atoms with van der Waals surface area (Å²) in [6.45, 7) is 6.44. The normalized spacial score (nSPS) is 28.0. The number of benzene rings is 1. The highest BCUT2D eigenvalue weighted by Gasteiger charge is 2.57. The number of epoxide rings is 1. The van der Waals surface area contributed by atoms with Crippen LogP contribution in [0.25, 0.3) is 0 Å². The van der Waals surface area contributed by atoms with Crippen molar-refractivity contribution in [3.63, 3.8) is 0 Å². The highest BCUT2D eigenvalue weighted by molar-refractivity contribution is 5.65. The third kappa shape index (κ3) is 4.26. The zero-order valence-corrected chi connectivity index (χ0v) is 14.3. The number of rotatable bonds is 6. The lowest BCUT2D eigenvalue weighted by molar-refractivity contribution is -0.169. The van der Waals surface area contributed by atoms with Gasteiger partial charge in [0, 0.05) is 6.42 Å². The van der Waals surface area contributed by atoms with E-state index in [-0.39, 0.29) is 18.3 Å².